The Morgan fingerprint density at radius 3 is 2.58 bits per heavy atom. The molecule has 0 amide bonds. The molecular formula is C15H16ClF3N4O. The number of anilines is 1. The van der Waals surface area contributed by atoms with Crippen LogP contribution in [0.4, 0.5) is 19.0 Å². The van der Waals surface area contributed by atoms with Crippen molar-refractivity contribution in [3.8, 4) is 5.88 Å². The Balaban J connectivity index is 1.78. The van der Waals surface area contributed by atoms with Gasteiger partial charge in [0.25, 0.3) is 0 Å². The highest BCUT2D eigenvalue weighted by molar-refractivity contribution is 6.33. The van der Waals surface area contributed by atoms with Gasteiger partial charge in [-0.3, -0.25) is 0 Å². The molecule has 0 radical (unpaired) electrons. The second-order valence-corrected chi connectivity index (χ2v) is 5.41. The van der Waals surface area contributed by atoms with Crippen LogP contribution in [0.25, 0.3) is 0 Å². The molecule has 5 nitrogen and oxygen atoms in total. The fourth-order valence-corrected chi connectivity index (χ4v) is 2.06. The minimum Gasteiger partial charge on any atom is -0.478 e. The van der Waals surface area contributed by atoms with Gasteiger partial charge < -0.3 is 10.1 Å². The van der Waals surface area contributed by atoms with Crippen LogP contribution in [-0.4, -0.2) is 28.1 Å². The molecule has 24 heavy (non-hydrogen) atoms. The van der Waals surface area contributed by atoms with E-state index in [1.807, 2.05) is 0 Å². The molecule has 0 aliphatic carbocycles. The number of aryl methyl sites for hydroxylation is 2. The van der Waals surface area contributed by atoms with Crippen LogP contribution < -0.4 is 10.1 Å². The topological polar surface area (TPSA) is 59.9 Å². The molecule has 0 bridgehead atoms. The molecule has 2 aromatic heterocycles. The number of ether oxygens (including phenoxy) is 1. The van der Waals surface area contributed by atoms with Crippen LogP contribution in [0.15, 0.2) is 18.3 Å². The first kappa shape index (κ1) is 18.3. The average molecular weight is 361 g/mol. The summed E-state index contributed by atoms with van der Waals surface area (Å²) in [5, 5.41) is 3.54. The lowest BCUT2D eigenvalue weighted by Gasteiger charge is -2.10. The van der Waals surface area contributed by atoms with E-state index in [2.05, 4.69) is 20.3 Å². The molecule has 0 aliphatic heterocycles. The van der Waals surface area contributed by atoms with E-state index in [0.29, 0.717) is 41.9 Å². The fourth-order valence-electron chi connectivity index (χ4n) is 1.91. The van der Waals surface area contributed by atoms with E-state index in [9.17, 15) is 13.2 Å². The lowest BCUT2D eigenvalue weighted by Crippen LogP contribution is -2.11. The van der Waals surface area contributed by atoms with Crippen molar-refractivity contribution in [2.24, 2.45) is 0 Å². The van der Waals surface area contributed by atoms with Gasteiger partial charge in [-0.25, -0.2) is 15.0 Å². The molecule has 0 saturated carbocycles. The molecule has 0 spiro atoms. The van der Waals surface area contributed by atoms with Gasteiger partial charge in [0.05, 0.1) is 17.9 Å². The maximum absolute atomic E-state index is 12.4. The Hall–Kier alpha value is -2.09. The summed E-state index contributed by atoms with van der Waals surface area (Å²) in [5.41, 5.74) is -0.113. The van der Waals surface area contributed by atoms with Crippen molar-refractivity contribution in [1.29, 1.82) is 0 Å². The Bertz CT molecular complexity index is 692. The smallest absolute Gasteiger partial charge is 0.417 e. The molecular weight excluding hydrogens is 345 g/mol. The van der Waals surface area contributed by atoms with Crippen LogP contribution in [0.2, 0.25) is 5.02 Å². The van der Waals surface area contributed by atoms with Crippen molar-refractivity contribution < 1.29 is 17.9 Å². The first-order chi connectivity index (χ1) is 11.3. The van der Waals surface area contributed by atoms with Crippen LogP contribution in [0.5, 0.6) is 5.88 Å². The summed E-state index contributed by atoms with van der Waals surface area (Å²) in [4.78, 5) is 12.0. The molecule has 2 aromatic rings. The molecule has 0 aliphatic rings. The number of hydrogen-bond donors (Lipinski definition) is 1. The monoisotopic (exact) mass is 360 g/mol. The molecule has 0 saturated heterocycles. The van der Waals surface area contributed by atoms with Crippen molar-refractivity contribution >= 4 is 17.4 Å². The fraction of sp³-hybridized carbons (Fsp3) is 0.400. The zero-order valence-corrected chi connectivity index (χ0v) is 13.9. The second-order valence-electron chi connectivity index (χ2n) is 5.03. The normalized spacial score (nSPS) is 11.4. The number of rotatable bonds is 6. The summed E-state index contributed by atoms with van der Waals surface area (Å²) in [7, 11) is 0. The van der Waals surface area contributed by atoms with Crippen LogP contribution >= 0.6 is 11.6 Å². The maximum Gasteiger partial charge on any atom is 0.417 e. The Morgan fingerprint density at radius 2 is 1.96 bits per heavy atom. The predicted octanol–water partition coefficient (Wildman–Crippen LogP) is 4.04. The van der Waals surface area contributed by atoms with Gasteiger partial charge in [0.2, 0.25) is 5.88 Å². The zero-order valence-electron chi connectivity index (χ0n) is 13.1. The van der Waals surface area contributed by atoms with E-state index < -0.39 is 11.7 Å². The summed E-state index contributed by atoms with van der Waals surface area (Å²) in [6.07, 6.45) is -3.05. The molecule has 130 valence electrons. The Labute approximate surface area is 142 Å². The standard InChI is InChI=1S/C15H16ClF3N4O/c1-9-13(16)14(23-10(2)22-9)20-6-3-7-24-12-5-4-11(8-21-12)15(17,18)19/h4-5,8H,3,6-7H2,1-2H3,(H,20,22,23). The maximum atomic E-state index is 12.4. The average Bonchev–Trinajstić information content (AvgIpc) is 2.51. The summed E-state index contributed by atoms with van der Waals surface area (Å²) in [6.45, 7) is 4.40. The summed E-state index contributed by atoms with van der Waals surface area (Å²) in [6, 6.07) is 2.14. The van der Waals surface area contributed by atoms with Gasteiger partial charge in [-0.15, -0.1) is 0 Å². The van der Waals surface area contributed by atoms with Crippen LogP contribution in [0.3, 0.4) is 0 Å². The Morgan fingerprint density at radius 1 is 1.21 bits per heavy atom. The number of nitrogens with one attached hydrogen (secondary N) is 1. The number of nitrogens with zero attached hydrogens (tertiary/aromatic N) is 3. The molecule has 9 heteroatoms. The third-order valence-corrected chi connectivity index (χ3v) is 3.51. The molecule has 0 atom stereocenters. The highest BCUT2D eigenvalue weighted by Crippen LogP contribution is 2.29. The lowest BCUT2D eigenvalue weighted by atomic mass is 10.3. The van der Waals surface area contributed by atoms with Gasteiger partial charge in [0, 0.05) is 18.8 Å². The van der Waals surface area contributed by atoms with E-state index in [-0.39, 0.29) is 5.88 Å². The number of hydrogen-bond acceptors (Lipinski definition) is 5. The molecule has 2 heterocycles. The predicted molar refractivity (Wildman–Crippen MR) is 84.4 cm³/mol. The first-order valence-electron chi connectivity index (χ1n) is 7.18. The van der Waals surface area contributed by atoms with E-state index in [1.165, 1.54) is 6.07 Å². The van der Waals surface area contributed by atoms with Gasteiger partial charge in [-0.05, 0) is 26.3 Å². The molecule has 0 aromatic carbocycles. The summed E-state index contributed by atoms with van der Waals surface area (Å²) >= 11 is 6.10. The zero-order chi connectivity index (χ0) is 17.7. The highest BCUT2D eigenvalue weighted by atomic mass is 35.5. The van der Waals surface area contributed by atoms with Gasteiger partial charge in [0.15, 0.2) is 0 Å². The van der Waals surface area contributed by atoms with Crippen molar-refractivity contribution in [3.63, 3.8) is 0 Å². The van der Waals surface area contributed by atoms with Gasteiger partial charge in [0.1, 0.15) is 16.7 Å². The summed E-state index contributed by atoms with van der Waals surface area (Å²) in [5.74, 6) is 1.31. The molecule has 2 rings (SSSR count). The minimum atomic E-state index is -4.40. The number of alkyl halides is 3. The van der Waals surface area contributed by atoms with Crippen molar-refractivity contribution in [2.45, 2.75) is 26.4 Å². The Kier molecular flexibility index (Phi) is 5.82. The third kappa shape index (κ3) is 4.95. The van der Waals surface area contributed by atoms with E-state index in [4.69, 9.17) is 16.3 Å². The van der Waals surface area contributed by atoms with Gasteiger partial charge >= 0.3 is 6.18 Å². The van der Waals surface area contributed by atoms with Crippen LogP contribution in [0, 0.1) is 13.8 Å². The number of pyridine rings is 1. The van der Waals surface area contributed by atoms with Gasteiger partial charge in [-0.1, -0.05) is 11.6 Å². The highest BCUT2D eigenvalue weighted by Gasteiger charge is 2.30. The largest absolute Gasteiger partial charge is 0.478 e. The quantitative estimate of drug-likeness (QED) is 0.788. The van der Waals surface area contributed by atoms with E-state index in [0.717, 1.165) is 12.3 Å². The van der Waals surface area contributed by atoms with E-state index in [1.54, 1.807) is 13.8 Å². The van der Waals surface area contributed by atoms with Crippen molar-refractivity contribution in [3.05, 3.63) is 40.4 Å². The minimum absolute atomic E-state index is 0.148. The molecule has 0 fully saturated rings. The lowest BCUT2D eigenvalue weighted by molar-refractivity contribution is -0.137. The first-order valence-corrected chi connectivity index (χ1v) is 7.56. The van der Waals surface area contributed by atoms with Gasteiger partial charge in [-0.2, -0.15) is 13.2 Å². The van der Waals surface area contributed by atoms with Crippen LogP contribution in [0.1, 0.15) is 23.5 Å². The third-order valence-electron chi connectivity index (χ3n) is 3.06. The van der Waals surface area contributed by atoms with Crippen LogP contribution in [-0.2, 0) is 6.18 Å². The number of aromatic nitrogens is 3. The molecule has 1 N–H and O–H groups in total. The second kappa shape index (κ2) is 7.65. The van der Waals surface area contributed by atoms with Crippen molar-refractivity contribution in [1.82, 2.24) is 15.0 Å². The summed E-state index contributed by atoms with van der Waals surface area (Å²) < 4.78 is 42.5. The van der Waals surface area contributed by atoms with E-state index >= 15 is 0 Å². The number of halogens is 4. The van der Waals surface area contributed by atoms with Crippen molar-refractivity contribution in [2.75, 3.05) is 18.5 Å². The molecule has 0 unspecified atom stereocenters. The SMILES string of the molecule is Cc1nc(C)c(Cl)c(NCCCOc2ccc(C(F)(F)F)cn2)n1.